The zero-order valence-electron chi connectivity index (χ0n) is 15.2. The first-order valence-corrected chi connectivity index (χ1v) is 9.17. The van der Waals surface area contributed by atoms with E-state index in [1.165, 1.54) is 6.21 Å². The number of halogens is 2. The second-order valence-corrected chi connectivity index (χ2v) is 6.54. The van der Waals surface area contributed by atoms with Crippen molar-refractivity contribution in [1.82, 2.24) is 10.7 Å². The van der Waals surface area contributed by atoms with Crippen LogP contribution in [0.15, 0.2) is 47.6 Å². The van der Waals surface area contributed by atoms with E-state index >= 15 is 0 Å². The number of nitrogens with zero attached hydrogens (tertiary/aromatic N) is 1. The summed E-state index contributed by atoms with van der Waals surface area (Å²) in [6.45, 7) is 0.836. The van der Waals surface area contributed by atoms with Gasteiger partial charge in [-0.15, -0.1) is 0 Å². The van der Waals surface area contributed by atoms with Gasteiger partial charge in [0, 0.05) is 47.2 Å². The second-order valence-electron chi connectivity index (χ2n) is 5.67. The van der Waals surface area contributed by atoms with Crippen molar-refractivity contribution in [3.63, 3.8) is 0 Å². The minimum atomic E-state index is -0.861. The lowest BCUT2D eigenvalue weighted by Crippen LogP contribution is -2.38. The van der Waals surface area contributed by atoms with Crippen LogP contribution in [-0.4, -0.2) is 38.3 Å². The molecule has 0 spiro atoms. The summed E-state index contributed by atoms with van der Waals surface area (Å²) in [6, 6.07) is 12.4. The molecule has 7 nitrogen and oxygen atoms in total. The molecule has 2 amide bonds. The molecule has 0 aliphatic carbocycles. The number of ether oxygens (including phenoxy) is 1. The highest BCUT2D eigenvalue weighted by molar-refractivity contribution is 6.35. The molecule has 28 heavy (non-hydrogen) atoms. The summed E-state index contributed by atoms with van der Waals surface area (Å²) in [5, 5.41) is 10.6. The van der Waals surface area contributed by atoms with Crippen molar-refractivity contribution in [2.24, 2.45) is 5.10 Å². The molecule has 2 aromatic carbocycles. The molecule has 3 N–H and O–H groups in total. The molecule has 148 valence electrons. The van der Waals surface area contributed by atoms with Gasteiger partial charge in [0.1, 0.15) is 0 Å². The molecule has 0 saturated heterocycles. The van der Waals surface area contributed by atoms with Crippen molar-refractivity contribution in [3.05, 3.63) is 58.1 Å². The van der Waals surface area contributed by atoms with Gasteiger partial charge in [0.25, 0.3) is 0 Å². The third kappa shape index (κ3) is 7.19. The third-order valence-electron chi connectivity index (χ3n) is 3.50. The van der Waals surface area contributed by atoms with E-state index in [1.807, 2.05) is 12.1 Å². The number of carbonyl (C=O) groups is 2. The summed E-state index contributed by atoms with van der Waals surface area (Å²) < 4.78 is 4.87. The monoisotopic (exact) mass is 422 g/mol. The summed E-state index contributed by atoms with van der Waals surface area (Å²) >= 11 is 12.0. The molecule has 0 heterocycles. The maximum Gasteiger partial charge on any atom is 0.329 e. The van der Waals surface area contributed by atoms with Gasteiger partial charge < -0.3 is 15.4 Å². The number of amides is 2. The summed E-state index contributed by atoms with van der Waals surface area (Å²) in [5.41, 5.74) is 4.29. The predicted molar refractivity (Wildman–Crippen MR) is 111 cm³/mol. The highest BCUT2D eigenvalue weighted by atomic mass is 35.5. The van der Waals surface area contributed by atoms with E-state index in [0.29, 0.717) is 40.9 Å². The first-order chi connectivity index (χ1) is 13.5. The predicted octanol–water partition coefficient (Wildman–Crippen LogP) is 3.34. The Morgan fingerprint density at radius 2 is 1.89 bits per heavy atom. The summed E-state index contributed by atoms with van der Waals surface area (Å²) in [6.07, 6.45) is 2.01. The molecule has 0 bridgehead atoms. The van der Waals surface area contributed by atoms with Crippen LogP contribution in [0.25, 0.3) is 0 Å². The lowest BCUT2D eigenvalue weighted by Gasteiger charge is -2.10. The van der Waals surface area contributed by atoms with Gasteiger partial charge in [-0.05, 0) is 42.8 Å². The fraction of sp³-hybridized carbons (Fsp3) is 0.211. The van der Waals surface area contributed by atoms with E-state index in [0.717, 1.165) is 5.69 Å². The third-order valence-corrected chi connectivity index (χ3v) is 3.97. The van der Waals surface area contributed by atoms with Gasteiger partial charge in [0.15, 0.2) is 0 Å². The smallest absolute Gasteiger partial charge is 0.329 e. The number of hydrogen-bond donors (Lipinski definition) is 3. The Morgan fingerprint density at radius 1 is 1.11 bits per heavy atom. The SMILES string of the molecule is COCCCNC(=O)C(=O)N/N=C\c1cc(Cl)ccc1Nc1cccc(Cl)c1. The van der Waals surface area contributed by atoms with Crippen molar-refractivity contribution in [1.29, 1.82) is 0 Å². The number of carbonyl (C=O) groups excluding carboxylic acids is 2. The van der Waals surface area contributed by atoms with Crippen molar-refractivity contribution in [2.45, 2.75) is 6.42 Å². The maximum absolute atomic E-state index is 11.8. The molecule has 0 aliphatic heterocycles. The number of hydrazone groups is 1. The van der Waals surface area contributed by atoms with E-state index in [1.54, 1.807) is 37.4 Å². The van der Waals surface area contributed by atoms with Crippen molar-refractivity contribution >= 4 is 52.6 Å². The van der Waals surface area contributed by atoms with E-state index < -0.39 is 11.8 Å². The number of rotatable bonds is 8. The van der Waals surface area contributed by atoms with E-state index in [-0.39, 0.29) is 0 Å². The van der Waals surface area contributed by atoms with Crippen LogP contribution in [0.2, 0.25) is 10.0 Å². The molecular formula is C19H20Cl2N4O3. The van der Waals surface area contributed by atoms with Gasteiger partial charge in [-0.1, -0.05) is 29.3 Å². The Kier molecular flexibility index (Phi) is 8.74. The van der Waals surface area contributed by atoms with Gasteiger partial charge >= 0.3 is 11.8 Å². The topological polar surface area (TPSA) is 91.8 Å². The van der Waals surface area contributed by atoms with Crippen LogP contribution in [0.3, 0.4) is 0 Å². The minimum absolute atomic E-state index is 0.339. The lowest BCUT2D eigenvalue weighted by atomic mass is 10.2. The molecule has 0 aliphatic rings. The van der Waals surface area contributed by atoms with Crippen molar-refractivity contribution in [3.8, 4) is 0 Å². The van der Waals surface area contributed by atoms with Crippen LogP contribution in [0, 0.1) is 0 Å². The highest BCUT2D eigenvalue weighted by Gasteiger charge is 2.11. The fourth-order valence-corrected chi connectivity index (χ4v) is 2.56. The van der Waals surface area contributed by atoms with Crippen molar-refractivity contribution < 1.29 is 14.3 Å². The van der Waals surface area contributed by atoms with Gasteiger partial charge in [0.2, 0.25) is 0 Å². The Hall–Kier alpha value is -2.61. The molecule has 0 aromatic heterocycles. The molecule has 0 saturated carbocycles. The number of methoxy groups -OCH3 is 1. The van der Waals surface area contributed by atoms with Crippen LogP contribution in [0.4, 0.5) is 11.4 Å². The van der Waals surface area contributed by atoms with Crippen LogP contribution >= 0.6 is 23.2 Å². The van der Waals surface area contributed by atoms with Gasteiger partial charge in [-0.2, -0.15) is 5.10 Å². The number of hydrogen-bond acceptors (Lipinski definition) is 5. The molecule has 9 heteroatoms. The van der Waals surface area contributed by atoms with E-state index in [2.05, 4.69) is 21.2 Å². The van der Waals surface area contributed by atoms with Gasteiger partial charge in [-0.25, -0.2) is 5.43 Å². The first-order valence-electron chi connectivity index (χ1n) is 8.42. The van der Waals surface area contributed by atoms with Crippen molar-refractivity contribution in [2.75, 3.05) is 25.6 Å². The number of nitrogens with one attached hydrogen (secondary N) is 3. The van der Waals surface area contributed by atoms with E-state index in [9.17, 15) is 9.59 Å². The largest absolute Gasteiger partial charge is 0.385 e. The Labute approximate surface area is 173 Å². The van der Waals surface area contributed by atoms with E-state index in [4.69, 9.17) is 27.9 Å². The number of anilines is 2. The second kappa shape index (κ2) is 11.3. The summed E-state index contributed by atoms with van der Waals surface area (Å²) in [7, 11) is 1.56. The minimum Gasteiger partial charge on any atom is -0.385 e. The molecule has 0 radical (unpaired) electrons. The zero-order valence-corrected chi connectivity index (χ0v) is 16.7. The average molecular weight is 423 g/mol. The van der Waals surface area contributed by atoms with Crippen LogP contribution in [-0.2, 0) is 14.3 Å². The fourth-order valence-electron chi connectivity index (χ4n) is 2.19. The van der Waals surface area contributed by atoms with Crippen LogP contribution in [0.1, 0.15) is 12.0 Å². The first kappa shape index (κ1) is 21.7. The molecule has 2 rings (SSSR count). The summed E-state index contributed by atoms with van der Waals surface area (Å²) in [4.78, 5) is 23.4. The zero-order chi connectivity index (χ0) is 20.4. The molecule has 0 fully saturated rings. The molecule has 0 unspecified atom stereocenters. The molecular weight excluding hydrogens is 403 g/mol. The van der Waals surface area contributed by atoms with Gasteiger partial charge in [0.05, 0.1) is 6.21 Å². The Morgan fingerprint density at radius 3 is 2.64 bits per heavy atom. The normalized spacial score (nSPS) is 10.7. The quantitative estimate of drug-likeness (QED) is 0.263. The Bertz CT molecular complexity index is 859. The van der Waals surface area contributed by atoms with Crippen LogP contribution < -0.4 is 16.1 Å². The summed E-state index contributed by atoms with van der Waals surface area (Å²) in [5.74, 6) is -1.63. The maximum atomic E-state index is 11.8. The van der Waals surface area contributed by atoms with Gasteiger partial charge in [-0.3, -0.25) is 9.59 Å². The molecule has 2 aromatic rings. The van der Waals surface area contributed by atoms with Crippen LogP contribution in [0.5, 0.6) is 0 Å². The average Bonchev–Trinajstić information content (AvgIpc) is 2.67. The highest BCUT2D eigenvalue weighted by Crippen LogP contribution is 2.24. The lowest BCUT2D eigenvalue weighted by molar-refractivity contribution is -0.139. The Balaban J connectivity index is 1.99. The standard InChI is InChI=1S/C19H20Cl2N4O3/c1-28-9-3-8-22-18(26)19(27)25-23-12-13-10-15(21)6-7-17(13)24-16-5-2-4-14(20)11-16/h2,4-7,10-12,24H,3,8-9H2,1H3,(H,22,26)(H,25,27)/b23-12-. The number of benzene rings is 2. The molecule has 0 atom stereocenters.